The molecule has 4 heteroatoms. The molecule has 2 aromatic carbocycles. The molecule has 1 atom stereocenters. The first-order valence-corrected chi connectivity index (χ1v) is 7.88. The number of nitrogens with one attached hydrogen (secondary N) is 2. The minimum Gasteiger partial charge on any atom is -0.344 e. The first-order valence-electron chi connectivity index (χ1n) is 7.88. The van der Waals surface area contributed by atoms with Crippen molar-refractivity contribution in [1.29, 1.82) is 0 Å². The van der Waals surface area contributed by atoms with Crippen molar-refractivity contribution in [2.24, 2.45) is 0 Å². The van der Waals surface area contributed by atoms with Crippen molar-refractivity contribution >= 4 is 17.9 Å². The van der Waals surface area contributed by atoms with Crippen LogP contribution in [0.1, 0.15) is 36.6 Å². The van der Waals surface area contributed by atoms with E-state index >= 15 is 0 Å². The molecule has 2 N–H and O–H groups in total. The Kier molecular flexibility index (Phi) is 5.90. The summed E-state index contributed by atoms with van der Waals surface area (Å²) in [6.45, 7) is 5.26. The third-order valence-electron chi connectivity index (χ3n) is 3.69. The van der Waals surface area contributed by atoms with Gasteiger partial charge in [0.25, 0.3) is 5.91 Å². The van der Waals surface area contributed by atoms with Crippen molar-refractivity contribution in [3.05, 3.63) is 77.0 Å². The molecular weight excluding hydrogens is 300 g/mol. The average molecular weight is 322 g/mol. The molecule has 0 saturated heterocycles. The molecule has 1 unspecified atom stereocenters. The zero-order valence-electron chi connectivity index (χ0n) is 14.2. The molecular formula is C20H22N2O2. The molecule has 2 rings (SSSR count). The van der Waals surface area contributed by atoms with E-state index in [0.717, 1.165) is 16.7 Å². The maximum atomic E-state index is 12.6. The summed E-state index contributed by atoms with van der Waals surface area (Å²) in [7, 11) is 0. The van der Waals surface area contributed by atoms with E-state index in [1.807, 2.05) is 68.4 Å². The minimum atomic E-state index is -0.315. The van der Waals surface area contributed by atoms with Gasteiger partial charge >= 0.3 is 0 Å². The van der Waals surface area contributed by atoms with Gasteiger partial charge in [-0.25, -0.2) is 0 Å². The normalized spacial score (nSPS) is 12.4. The van der Waals surface area contributed by atoms with Crippen LogP contribution in [0, 0.1) is 6.92 Å². The van der Waals surface area contributed by atoms with Crippen molar-refractivity contribution in [3.63, 3.8) is 0 Å². The van der Waals surface area contributed by atoms with Crippen molar-refractivity contribution in [2.75, 3.05) is 0 Å². The smallest absolute Gasteiger partial charge is 0.268 e. The van der Waals surface area contributed by atoms with Gasteiger partial charge in [0.05, 0.1) is 6.04 Å². The number of carbonyl (C=O) groups excluding carboxylic acids is 2. The van der Waals surface area contributed by atoms with Crippen LogP contribution in [0.25, 0.3) is 6.08 Å². The molecule has 0 radical (unpaired) electrons. The van der Waals surface area contributed by atoms with Crippen LogP contribution in [-0.2, 0) is 9.59 Å². The first-order chi connectivity index (χ1) is 11.5. The second-order valence-electron chi connectivity index (χ2n) is 5.70. The molecule has 0 spiro atoms. The highest BCUT2D eigenvalue weighted by molar-refractivity contribution is 6.01. The Bertz CT molecular complexity index is 751. The van der Waals surface area contributed by atoms with Crippen LogP contribution in [0.2, 0.25) is 0 Å². The van der Waals surface area contributed by atoms with Gasteiger partial charge in [-0.1, -0.05) is 54.6 Å². The number of aryl methyl sites for hydroxylation is 1. The van der Waals surface area contributed by atoms with Crippen LogP contribution in [0.5, 0.6) is 0 Å². The van der Waals surface area contributed by atoms with Crippen LogP contribution in [-0.4, -0.2) is 11.8 Å². The molecule has 24 heavy (non-hydrogen) atoms. The minimum absolute atomic E-state index is 0.160. The number of hydrogen-bond acceptors (Lipinski definition) is 2. The Hall–Kier alpha value is -2.88. The standard InChI is InChI=1S/C20H22N2O2/c1-14-9-7-8-12-18(14)13-19(22-16(3)23)20(24)21-15(2)17-10-5-4-6-11-17/h4-13,15H,1-3H3,(H,21,24)(H,22,23)/b19-13+. The Balaban J connectivity index is 2.23. The van der Waals surface area contributed by atoms with Gasteiger partial charge in [-0.15, -0.1) is 0 Å². The molecule has 0 fully saturated rings. The topological polar surface area (TPSA) is 58.2 Å². The third-order valence-corrected chi connectivity index (χ3v) is 3.69. The Morgan fingerprint density at radius 2 is 1.62 bits per heavy atom. The number of carbonyl (C=O) groups is 2. The molecule has 124 valence electrons. The van der Waals surface area contributed by atoms with Crippen molar-refractivity contribution in [3.8, 4) is 0 Å². The van der Waals surface area contributed by atoms with Crippen LogP contribution in [0.15, 0.2) is 60.3 Å². The summed E-state index contributed by atoms with van der Waals surface area (Å²) in [6, 6.07) is 17.2. The van der Waals surface area contributed by atoms with Crippen molar-refractivity contribution in [1.82, 2.24) is 10.6 Å². The molecule has 0 aromatic heterocycles. The van der Waals surface area contributed by atoms with Gasteiger partial charge in [-0.2, -0.15) is 0 Å². The Morgan fingerprint density at radius 3 is 2.25 bits per heavy atom. The van der Waals surface area contributed by atoms with E-state index in [2.05, 4.69) is 10.6 Å². The lowest BCUT2D eigenvalue weighted by Gasteiger charge is -2.16. The lowest BCUT2D eigenvalue weighted by atomic mass is 10.1. The van der Waals surface area contributed by atoms with E-state index in [4.69, 9.17) is 0 Å². The highest BCUT2D eigenvalue weighted by Gasteiger charge is 2.15. The molecule has 2 amide bonds. The van der Waals surface area contributed by atoms with E-state index < -0.39 is 0 Å². The maximum absolute atomic E-state index is 12.6. The number of amides is 2. The van der Waals surface area contributed by atoms with Gasteiger partial charge in [0.1, 0.15) is 5.70 Å². The molecule has 0 saturated carbocycles. The van der Waals surface area contributed by atoms with E-state index in [1.54, 1.807) is 6.08 Å². The molecule has 4 nitrogen and oxygen atoms in total. The van der Waals surface area contributed by atoms with Gasteiger partial charge in [0.2, 0.25) is 5.91 Å². The number of benzene rings is 2. The fourth-order valence-corrected chi connectivity index (χ4v) is 2.35. The van der Waals surface area contributed by atoms with Gasteiger partial charge in [-0.3, -0.25) is 9.59 Å². The van der Waals surface area contributed by atoms with Crippen molar-refractivity contribution < 1.29 is 9.59 Å². The second kappa shape index (κ2) is 8.11. The van der Waals surface area contributed by atoms with Crippen molar-refractivity contribution in [2.45, 2.75) is 26.8 Å². The third kappa shape index (κ3) is 4.81. The molecule has 0 aliphatic carbocycles. The predicted octanol–water partition coefficient (Wildman–Crippen LogP) is 3.35. The quantitative estimate of drug-likeness (QED) is 0.829. The summed E-state index contributed by atoms with van der Waals surface area (Å²) in [5.74, 6) is -0.595. The maximum Gasteiger partial charge on any atom is 0.268 e. The summed E-state index contributed by atoms with van der Waals surface area (Å²) in [6.07, 6.45) is 1.70. The number of rotatable bonds is 5. The summed E-state index contributed by atoms with van der Waals surface area (Å²) >= 11 is 0. The fourth-order valence-electron chi connectivity index (χ4n) is 2.35. The molecule has 0 heterocycles. The highest BCUT2D eigenvalue weighted by Crippen LogP contribution is 2.14. The monoisotopic (exact) mass is 322 g/mol. The van der Waals surface area contributed by atoms with E-state index in [-0.39, 0.29) is 23.6 Å². The van der Waals surface area contributed by atoms with Crippen LogP contribution >= 0.6 is 0 Å². The van der Waals surface area contributed by atoms with Crippen LogP contribution < -0.4 is 10.6 Å². The molecule has 2 aromatic rings. The summed E-state index contributed by atoms with van der Waals surface area (Å²) in [5, 5.41) is 5.54. The highest BCUT2D eigenvalue weighted by atomic mass is 16.2. The number of hydrogen-bond donors (Lipinski definition) is 2. The zero-order valence-corrected chi connectivity index (χ0v) is 14.2. The van der Waals surface area contributed by atoms with Crippen LogP contribution in [0.4, 0.5) is 0 Å². The van der Waals surface area contributed by atoms with E-state index in [9.17, 15) is 9.59 Å². The van der Waals surface area contributed by atoms with Crippen LogP contribution in [0.3, 0.4) is 0 Å². The zero-order chi connectivity index (χ0) is 17.5. The average Bonchev–Trinajstić information content (AvgIpc) is 2.56. The summed E-state index contributed by atoms with van der Waals surface area (Å²) in [5.41, 5.74) is 3.16. The summed E-state index contributed by atoms with van der Waals surface area (Å²) in [4.78, 5) is 24.0. The molecule has 0 aliphatic rings. The Morgan fingerprint density at radius 1 is 1.00 bits per heavy atom. The molecule has 0 aliphatic heterocycles. The fraction of sp³-hybridized carbons (Fsp3) is 0.200. The van der Waals surface area contributed by atoms with Gasteiger partial charge < -0.3 is 10.6 Å². The predicted molar refractivity (Wildman–Crippen MR) is 96.0 cm³/mol. The van der Waals surface area contributed by atoms with E-state index in [0.29, 0.717) is 0 Å². The van der Waals surface area contributed by atoms with Gasteiger partial charge in [0.15, 0.2) is 0 Å². The summed E-state index contributed by atoms with van der Waals surface area (Å²) < 4.78 is 0. The second-order valence-corrected chi connectivity index (χ2v) is 5.70. The first kappa shape index (κ1) is 17.5. The Labute approximate surface area is 142 Å². The lowest BCUT2D eigenvalue weighted by molar-refractivity contribution is -0.122. The van der Waals surface area contributed by atoms with Gasteiger partial charge in [0, 0.05) is 6.92 Å². The van der Waals surface area contributed by atoms with Gasteiger partial charge in [-0.05, 0) is 36.6 Å². The largest absolute Gasteiger partial charge is 0.344 e. The molecule has 0 bridgehead atoms. The lowest BCUT2D eigenvalue weighted by Crippen LogP contribution is -2.35. The SMILES string of the molecule is CC(=O)N/C(=C/c1ccccc1C)C(=O)NC(C)c1ccccc1. The van der Waals surface area contributed by atoms with E-state index in [1.165, 1.54) is 6.92 Å².